The number of amides is 3. The third-order valence-corrected chi connectivity index (χ3v) is 6.20. The largest absolute Gasteiger partial charge is 0.490 e. The van der Waals surface area contributed by atoms with Crippen LogP contribution in [0.25, 0.3) is 10.9 Å². The van der Waals surface area contributed by atoms with Gasteiger partial charge < -0.3 is 35.3 Å². The highest BCUT2D eigenvalue weighted by Crippen LogP contribution is 2.35. The van der Waals surface area contributed by atoms with Crippen LogP contribution in [0.5, 0.6) is 17.2 Å². The van der Waals surface area contributed by atoms with Gasteiger partial charge in [-0.2, -0.15) is 0 Å². The number of aromatic nitrogens is 1. The number of carbonyl (C=O) groups excluding carboxylic acids is 2. The van der Waals surface area contributed by atoms with E-state index in [1.807, 2.05) is 13.8 Å². The lowest BCUT2D eigenvalue weighted by Gasteiger charge is -2.18. The Bertz CT molecular complexity index is 1360. The van der Waals surface area contributed by atoms with Crippen molar-refractivity contribution in [2.24, 2.45) is 5.73 Å². The smallest absolute Gasteiger partial charge is 0.319 e. The summed E-state index contributed by atoms with van der Waals surface area (Å²) in [6.45, 7) is 4.21. The number of halogens is 1. The molecular weight excluding hydrogens is 500 g/mol. The molecule has 1 saturated carbocycles. The highest BCUT2D eigenvalue weighted by molar-refractivity contribution is 6.33. The second kappa shape index (κ2) is 10.0. The van der Waals surface area contributed by atoms with Gasteiger partial charge in [0, 0.05) is 29.8 Å². The summed E-state index contributed by atoms with van der Waals surface area (Å²) in [5.41, 5.74) is 6.84. The van der Waals surface area contributed by atoms with Gasteiger partial charge in [0.1, 0.15) is 30.0 Å². The summed E-state index contributed by atoms with van der Waals surface area (Å²) in [7, 11) is 0. The number of nitrogens with zero attached hydrogens (tertiary/aromatic N) is 1. The summed E-state index contributed by atoms with van der Waals surface area (Å²) in [4.78, 5) is 28.7. The van der Waals surface area contributed by atoms with Crippen molar-refractivity contribution in [3.8, 4) is 17.2 Å². The first kappa shape index (κ1) is 25.1. The Balaban J connectivity index is 1.35. The number of benzene rings is 2. The molecule has 3 amide bonds. The number of nitrogens with one attached hydrogen (secondary N) is 2. The lowest BCUT2D eigenvalue weighted by atomic mass is 10.1. The van der Waals surface area contributed by atoms with E-state index in [1.165, 1.54) is 0 Å². The molecule has 37 heavy (non-hydrogen) atoms. The average molecular weight is 527 g/mol. The third-order valence-electron chi connectivity index (χ3n) is 5.89. The van der Waals surface area contributed by atoms with Gasteiger partial charge in [0.25, 0.3) is 5.91 Å². The number of fused-ring (bicyclic) bond motifs is 1. The van der Waals surface area contributed by atoms with E-state index >= 15 is 0 Å². The molecular formula is C26H27ClN4O6. The molecule has 1 aliphatic heterocycles. The molecule has 2 aromatic carbocycles. The van der Waals surface area contributed by atoms with Crippen molar-refractivity contribution >= 4 is 40.1 Å². The Morgan fingerprint density at radius 1 is 1.19 bits per heavy atom. The Morgan fingerprint density at radius 3 is 2.68 bits per heavy atom. The monoisotopic (exact) mass is 526 g/mol. The molecule has 1 saturated heterocycles. The number of ether oxygens (including phenoxy) is 4. The van der Waals surface area contributed by atoms with Crippen LogP contribution >= 0.6 is 11.6 Å². The summed E-state index contributed by atoms with van der Waals surface area (Å²) >= 11 is 6.37. The Morgan fingerprint density at radius 2 is 2.00 bits per heavy atom. The van der Waals surface area contributed by atoms with E-state index in [-0.39, 0.29) is 30.3 Å². The molecule has 1 atom stereocenters. The molecule has 2 heterocycles. The van der Waals surface area contributed by atoms with Crippen molar-refractivity contribution in [1.29, 1.82) is 0 Å². The van der Waals surface area contributed by atoms with Gasteiger partial charge in [-0.05, 0) is 51.0 Å². The minimum atomic E-state index is -0.683. The first-order chi connectivity index (χ1) is 17.7. The van der Waals surface area contributed by atoms with Gasteiger partial charge in [-0.25, -0.2) is 4.79 Å². The van der Waals surface area contributed by atoms with E-state index in [9.17, 15) is 9.59 Å². The number of pyridine rings is 1. The van der Waals surface area contributed by atoms with Gasteiger partial charge in [-0.3, -0.25) is 9.78 Å². The van der Waals surface area contributed by atoms with E-state index in [2.05, 4.69) is 15.6 Å². The molecule has 10 nitrogen and oxygen atoms in total. The summed E-state index contributed by atoms with van der Waals surface area (Å²) < 4.78 is 23.3. The molecule has 2 aliphatic rings. The topological polar surface area (TPSA) is 134 Å². The molecule has 194 valence electrons. The number of anilines is 1. The number of rotatable bonds is 8. The van der Waals surface area contributed by atoms with Crippen molar-refractivity contribution in [3.05, 3.63) is 53.2 Å². The zero-order valence-electron chi connectivity index (χ0n) is 20.4. The first-order valence-corrected chi connectivity index (χ1v) is 12.3. The zero-order valence-corrected chi connectivity index (χ0v) is 21.1. The minimum absolute atomic E-state index is 0.183. The molecule has 1 aliphatic carbocycles. The van der Waals surface area contributed by atoms with Crippen LogP contribution in [-0.2, 0) is 9.47 Å². The highest BCUT2D eigenvalue weighted by atomic mass is 35.5. The summed E-state index contributed by atoms with van der Waals surface area (Å²) in [6.07, 6.45) is 3.28. The normalized spacial score (nSPS) is 18.4. The Kier molecular flexibility index (Phi) is 6.80. The number of urea groups is 1. The quantitative estimate of drug-likeness (QED) is 0.390. The predicted molar refractivity (Wildman–Crippen MR) is 137 cm³/mol. The number of carbonyl (C=O) groups is 2. The number of nitrogens with two attached hydrogens (primary N) is 1. The zero-order chi connectivity index (χ0) is 26.2. The van der Waals surface area contributed by atoms with E-state index in [4.69, 9.17) is 36.3 Å². The first-order valence-electron chi connectivity index (χ1n) is 11.9. The van der Waals surface area contributed by atoms with E-state index in [0.717, 1.165) is 12.8 Å². The van der Waals surface area contributed by atoms with Crippen LogP contribution in [0, 0.1) is 0 Å². The van der Waals surface area contributed by atoms with Crippen LogP contribution in [0.3, 0.4) is 0 Å². The second-order valence-corrected chi connectivity index (χ2v) is 9.82. The molecule has 3 aromatic rings. The van der Waals surface area contributed by atoms with Crippen LogP contribution in [0.1, 0.15) is 37.0 Å². The van der Waals surface area contributed by atoms with Crippen LogP contribution in [0.15, 0.2) is 42.6 Å². The summed E-state index contributed by atoms with van der Waals surface area (Å²) in [5, 5.41) is 6.46. The SMILES string of the molecule is CC1(C)OC[C@@H](COc2cc3nccc(Oc4ccc(NC(=O)NC5CC5)c(Cl)c4)c3cc2C(N)=O)O1. The number of primary amides is 1. The second-order valence-electron chi connectivity index (χ2n) is 9.42. The van der Waals surface area contributed by atoms with Crippen molar-refractivity contribution in [2.75, 3.05) is 18.5 Å². The van der Waals surface area contributed by atoms with Gasteiger partial charge in [-0.1, -0.05) is 11.6 Å². The Labute approximate surface area is 218 Å². The fraction of sp³-hybridized carbons (Fsp3) is 0.346. The summed E-state index contributed by atoms with van der Waals surface area (Å²) in [5.74, 6) is -0.165. The molecule has 0 radical (unpaired) electrons. The van der Waals surface area contributed by atoms with Gasteiger partial charge in [0.2, 0.25) is 0 Å². The maximum Gasteiger partial charge on any atom is 0.319 e. The van der Waals surface area contributed by atoms with Crippen LogP contribution in [0.4, 0.5) is 10.5 Å². The standard InChI is InChI=1S/C26H27ClN4O6/c1-26(2)35-13-16(37-26)12-34-23-11-21-17(10-18(23)24(28)32)22(7-8-29-21)36-15-5-6-20(19(27)9-15)31-25(33)30-14-3-4-14/h5-11,14,16H,3-4,12-13H2,1-2H3,(H2,28,32)(H2,30,31,33)/t16-/m1/s1. The molecule has 1 aromatic heterocycles. The van der Waals surface area contributed by atoms with E-state index < -0.39 is 11.7 Å². The van der Waals surface area contributed by atoms with Gasteiger partial charge in [-0.15, -0.1) is 0 Å². The highest BCUT2D eigenvalue weighted by Gasteiger charge is 2.33. The average Bonchev–Trinajstić information content (AvgIpc) is 3.58. The van der Waals surface area contributed by atoms with Gasteiger partial charge >= 0.3 is 6.03 Å². The fourth-order valence-corrected chi connectivity index (χ4v) is 4.15. The number of hydrogen-bond acceptors (Lipinski definition) is 7. The predicted octanol–water partition coefficient (Wildman–Crippen LogP) is 4.59. The molecule has 11 heteroatoms. The Hall–Kier alpha value is -3.60. The van der Waals surface area contributed by atoms with Crippen LogP contribution in [0.2, 0.25) is 5.02 Å². The van der Waals surface area contributed by atoms with Crippen LogP contribution < -0.4 is 25.8 Å². The van der Waals surface area contributed by atoms with Crippen LogP contribution in [-0.4, -0.2) is 48.1 Å². The maximum atomic E-state index is 12.2. The molecule has 2 fully saturated rings. The van der Waals surface area contributed by atoms with Crippen molar-refractivity contribution in [2.45, 2.75) is 44.6 Å². The van der Waals surface area contributed by atoms with Gasteiger partial charge in [0.05, 0.1) is 28.4 Å². The molecule has 0 unspecified atom stereocenters. The van der Waals surface area contributed by atoms with Crippen molar-refractivity contribution in [1.82, 2.24) is 10.3 Å². The number of hydrogen-bond donors (Lipinski definition) is 3. The van der Waals surface area contributed by atoms with Gasteiger partial charge in [0.15, 0.2) is 5.79 Å². The van der Waals surface area contributed by atoms with Crippen molar-refractivity contribution < 1.29 is 28.5 Å². The molecule has 4 N–H and O–H groups in total. The molecule has 5 rings (SSSR count). The lowest BCUT2D eigenvalue weighted by Crippen LogP contribution is -2.30. The fourth-order valence-electron chi connectivity index (χ4n) is 3.94. The lowest BCUT2D eigenvalue weighted by molar-refractivity contribution is -0.141. The third kappa shape index (κ3) is 6.04. The summed E-state index contributed by atoms with van der Waals surface area (Å²) in [6, 6.07) is 9.76. The molecule has 0 spiro atoms. The van der Waals surface area contributed by atoms with E-state index in [1.54, 1.807) is 42.6 Å². The van der Waals surface area contributed by atoms with Crippen molar-refractivity contribution in [3.63, 3.8) is 0 Å². The minimum Gasteiger partial charge on any atom is -0.490 e. The van der Waals surface area contributed by atoms with E-state index in [0.29, 0.717) is 45.5 Å². The maximum absolute atomic E-state index is 12.2. The molecule has 0 bridgehead atoms.